The zero-order valence-corrected chi connectivity index (χ0v) is 12.6. The van der Waals surface area contributed by atoms with E-state index in [1.165, 1.54) is 58.0 Å². The second-order valence-electron chi connectivity index (χ2n) is 6.43. The Morgan fingerprint density at radius 3 is 2.50 bits per heavy atom. The van der Waals surface area contributed by atoms with Crippen molar-refractivity contribution in [1.82, 2.24) is 10.2 Å². The first kappa shape index (κ1) is 14.3. The molecule has 0 aromatic rings. The van der Waals surface area contributed by atoms with Crippen molar-refractivity contribution in [3.05, 3.63) is 0 Å². The van der Waals surface area contributed by atoms with Crippen LogP contribution in [0, 0.1) is 5.92 Å². The highest BCUT2D eigenvalue weighted by Gasteiger charge is 2.35. The summed E-state index contributed by atoms with van der Waals surface area (Å²) >= 11 is 0. The average molecular weight is 252 g/mol. The van der Waals surface area contributed by atoms with Gasteiger partial charge < -0.3 is 5.32 Å². The van der Waals surface area contributed by atoms with Crippen molar-refractivity contribution in [3.8, 4) is 0 Å². The van der Waals surface area contributed by atoms with Gasteiger partial charge in [-0.05, 0) is 38.5 Å². The highest BCUT2D eigenvalue weighted by Crippen LogP contribution is 2.31. The highest BCUT2D eigenvalue weighted by atomic mass is 15.3. The van der Waals surface area contributed by atoms with Gasteiger partial charge in [0.2, 0.25) is 0 Å². The fourth-order valence-electron chi connectivity index (χ4n) is 3.83. The predicted octanol–water partition coefficient (Wildman–Crippen LogP) is 3.42. The van der Waals surface area contributed by atoms with Crippen LogP contribution in [0.5, 0.6) is 0 Å². The van der Waals surface area contributed by atoms with Gasteiger partial charge in [0.25, 0.3) is 0 Å². The zero-order valence-electron chi connectivity index (χ0n) is 12.6. The molecular weight excluding hydrogens is 220 g/mol. The SMILES string of the molecule is CCC1CN(C(C)CC)C(C2CCCCC2)CN1. The van der Waals surface area contributed by atoms with Crippen molar-refractivity contribution in [3.63, 3.8) is 0 Å². The van der Waals surface area contributed by atoms with E-state index in [-0.39, 0.29) is 0 Å². The van der Waals surface area contributed by atoms with Gasteiger partial charge in [-0.3, -0.25) is 4.90 Å². The van der Waals surface area contributed by atoms with E-state index in [1.807, 2.05) is 0 Å². The van der Waals surface area contributed by atoms with Crippen LogP contribution in [0.2, 0.25) is 0 Å². The van der Waals surface area contributed by atoms with E-state index in [0.29, 0.717) is 0 Å². The third-order valence-electron chi connectivity index (χ3n) is 5.32. The minimum Gasteiger partial charge on any atom is -0.311 e. The van der Waals surface area contributed by atoms with Gasteiger partial charge in [-0.15, -0.1) is 0 Å². The third-order valence-corrected chi connectivity index (χ3v) is 5.32. The molecule has 18 heavy (non-hydrogen) atoms. The second kappa shape index (κ2) is 6.91. The Kier molecular flexibility index (Phi) is 5.50. The van der Waals surface area contributed by atoms with Crippen molar-refractivity contribution in [1.29, 1.82) is 0 Å². The van der Waals surface area contributed by atoms with E-state index in [9.17, 15) is 0 Å². The molecule has 1 aliphatic heterocycles. The molecule has 3 unspecified atom stereocenters. The third kappa shape index (κ3) is 3.27. The van der Waals surface area contributed by atoms with Crippen molar-refractivity contribution in [2.24, 2.45) is 5.92 Å². The molecule has 1 aliphatic carbocycles. The zero-order chi connectivity index (χ0) is 13.0. The quantitative estimate of drug-likeness (QED) is 0.825. The molecule has 2 heteroatoms. The van der Waals surface area contributed by atoms with Crippen molar-refractivity contribution < 1.29 is 0 Å². The summed E-state index contributed by atoms with van der Waals surface area (Å²) < 4.78 is 0. The highest BCUT2D eigenvalue weighted by molar-refractivity contribution is 4.92. The molecule has 1 heterocycles. The van der Waals surface area contributed by atoms with Gasteiger partial charge in [0.1, 0.15) is 0 Å². The maximum Gasteiger partial charge on any atom is 0.0252 e. The largest absolute Gasteiger partial charge is 0.311 e. The molecular formula is C16H32N2. The molecule has 0 spiro atoms. The Bertz CT molecular complexity index is 235. The molecule has 0 aromatic heterocycles. The van der Waals surface area contributed by atoms with Crippen LogP contribution in [0.3, 0.4) is 0 Å². The van der Waals surface area contributed by atoms with Gasteiger partial charge in [0, 0.05) is 31.2 Å². The van der Waals surface area contributed by atoms with Crippen LogP contribution in [0.1, 0.15) is 65.7 Å². The standard InChI is InChI=1S/C16H32N2/c1-4-13(3)18-12-15(5-2)17-11-16(18)14-9-7-6-8-10-14/h13-17H,4-12H2,1-3H3. The van der Waals surface area contributed by atoms with E-state index >= 15 is 0 Å². The number of hydrogen-bond acceptors (Lipinski definition) is 2. The fourth-order valence-corrected chi connectivity index (χ4v) is 3.83. The fraction of sp³-hybridized carbons (Fsp3) is 1.00. The summed E-state index contributed by atoms with van der Waals surface area (Å²) in [5.41, 5.74) is 0. The van der Waals surface area contributed by atoms with E-state index in [1.54, 1.807) is 0 Å². The van der Waals surface area contributed by atoms with Crippen molar-refractivity contribution in [2.45, 2.75) is 83.8 Å². The second-order valence-corrected chi connectivity index (χ2v) is 6.43. The van der Waals surface area contributed by atoms with Gasteiger partial charge in [0.05, 0.1) is 0 Å². The summed E-state index contributed by atoms with van der Waals surface area (Å²) in [5.74, 6) is 0.957. The monoisotopic (exact) mass is 252 g/mol. The van der Waals surface area contributed by atoms with E-state index in [4.69, 9.17) is 0 Å². The topological polar surface area (TPSA) is 15.3 Å². The molecule has 2 nitrogen and oxygen atoms in total. The summed E-state index contributed by atoms with van der Waals surface area (Å²) in [5, 5.41) is 3.78. The summed E-state index contributed by atoms with van der Waals surface area (Å²) in [7, 11) is 0. The molecule has 2 rings (SSSR count). The number of hydrogen-bond donors (Lipinski definition) is 1. The van der Waals surface area contributed by atoms with Gasteiger partial charge >= 0.3 is 0 Å². The number of rotatable bonds is 4. The average Bonchev–Trinajstić information content (AvgIpc) is 2.46. The van der Waals surface area contributed by atoms with Crippen LogP contribution in [-0.4, -0.2) is 36.1 Å². The van der Waals surface area contributed by atoms with Crippen LogP contribution in [-0.2, 0) is 0 Å². The van der Waals surface area contributed by atoms with Gasteiger partial charge in [-0.25, -0.2) is 0 Å². The normalized spacial score (nSPS) is 33.5. The van der Waals surface area contributed by atoms with Gasteiger partial charge in [-0.2, -0.15) is 0 Å². The summed E-state index contributed by atoms with van der Waals surface area (Å²) in [6.45, 7) is 9.58. The summed E-state index contributed by atoms with van der Waals surface area (Å²) in [4.78, 5) is 2.83. The minimum absolute atomic E-state index is 0.721. The molecule has 1 N–H and O–H groups in total. The molecule has 1 saturated carbocycles. The maximum absolute atomic E-state index is 3.78. The Labute approximate surface area is 114 Å². The van der Waals surface area contributed by atoms with E-state index in [2.05, 4.69) is 31.0 Å². The van der Waals surface area contributed by atoms with Crippen LogP contribution >= 0.6 is 0 Å². The Balaban J connectivity index is 2.01. The first-order valence-electron chi connectivity index (χ1n) is 8.25. The van der Waals surface area contributed by atoms with Gasteiger partial charge in [0.15, 0.2) is 0 Å². The van der Waals surface area contributed by atoms with Crippen molar-refractivity contribution in [2.75, 3.05) is 13.1 Å². The molecule has 106 valence electrons. The van der Waals surface area contributed by atoms with Crippen LogP contribution in [0.25, 0.3) is 0 Å². The Morgan fingerprint density at radius 2 is 1.89 bits per heavy atom. The first-order chi connectivity index (χ1) is 8.76. The summed E-state index contributed by atoms with van der Waals surface area (Å²) in [6, 6.07) is 2.29. The van der Waals surface area contributed by atoms with E-state index < -0.39 is 0 Å². The molecule has 0 bridgehead atoms. The smallest absolute Gasteiger partial charge is 0.0252 e. The molecule has 2 fully saturated rings. The number of nitrogens with one attached hydrogen (secondary N) is 1. The number of piperazine rings is 1. The lowest BCUT2D eigenvalue weighted by Gasteiger charge is -2.47. The number of nitrogens with zero attached hydrogens (tertiary/aromatic N) is 1. The summed E-state index contributed by atoms with van der Waals surface area (Å²) in [6.07, 6.45) is 9.90. The lowest BCUT2D eigenvalue weighted by molar-refractivity contribution is 0.0390. The van der Waals surface area contributed by atoms with Crippen LogP contribution in [0.4, 0.5) is 0 Å². The molecule has 0 radical (unpaired) electrons. The minimum atomic E-state index is 0.721. The molecule has 2 aliphatic rings. The predicted molar refractivity (Wildman–Crippen MR) is 78.9 cm³/mol. The van der Waals surface area contributed by atoms with Gasteiger partial charge in [-0.1, -0.05) is 33.1 Å². The molecule has 1 saturated heterocycles. The lowest BCUT2D eigenvalue weighted by atomic mass is 9.81. The lowest BCUT2D eigenvalue weighted by Crippen LogP contribution is -2.61. The van der Waals surface area contributed by atoms with E-state index in [0.717, 1.165) is 24.0 Å². The Morgan fingerprint density at radius 1 is 1.17 bits per heavy atom. The Hall–Kier alpha value is -0.0800. The first-order valence-corrected chi connectivity index (χ1v) is 8.25. The van der Waals surface area contributed by atoms with Crippen molar-refractivity contribution >= 4 is 0 Å². The maximum atomic E-state index is 3.78. The van der Waals surface area contributed by atoms with Crippen LogP contribution < -0.4 is 5.32 Å². The van der Waals surface area contributed by atoms with Crippen LogP contribution in [0.15, 0.2) is 0 Å². The molecule has 0 amide bonds. The molecule has 0 aromatic carbocycles. The molecule has 3 atom stereocenters.